The summed E-state index contributed by atoms with van der Waals surface area (Å²) in [7, 11) is 0. The molecule has 186 valence electrons. The molecule has 0 saturated carbocycles. The Morgan fingerprint density at radius 2 is 2.03 bits per heavy atom. The maximum atomic E-state index is 16.1. The molecule has 1 unspecified atom stereocenters. The van der Waals surface area contributed by atoms with Crippen LogP contribution in [0.3, 0.4) is 0 Å². The van der Waals surface area contributed by atoms with Gasteiger partial charge < -0.3 is 14.2 Å². The van der Waals surface area contributed by atoms with Crippen molar-refractivity contribution in [2.75, 3.05) is 17.7 Å². The van der Waals surface area contributed by atoms with Gasteiger partial charge in [-0.1, -0.05) is 5.16 Å². The molecule has 4 atom stereocenters. The highest BCUT2D eigenvalue weighted by Gasteiger charge is 2.62. The number of fused-ring (bicyclic) bond motifs is 5. The molecule has 1 N–H and O–H groups in total. The number of halogens is 1. The molecular weight excluding hydrogens is 489 g/mol. The third kappa shape index (κ3) is 3.13. The minimum Gasteiger partial charge on any atom is -0.372 e. The van der Waals surface area contributed by atoms with E-state index in [1.54, 1.807) is 24.1 Å². The maximum absolute atomic E-state index is 16.1. The number of rotatable bonds is 2. The Morgan fingerprint density at radius 1 is 1.22 bits per heavy atom. The van der Waals surface area contributed by atoms with Gasteiger partial charge in [0, 0.05) is 6.54 Å². The number of ether oxygens (including phenoxy) is 1. The van der Waals surface area contributed by atoms with Crippen LogP contribution in [0.4, 0.5) is 10.1 Å². The molecule has 1 aromatic carbocycles. The number of Topliss-reactive ketones (excluding diaryl/α,β-unsaturated/α-hetero) is 1. The first-order chi connectivity index (χ1) is 17.2. The maximum Gasteiger partial charge on any atom is 0.242 e. The Hall–Kier alpha value is -3.38. The van der Waals surface area contributed by atoms with E-state index in [0.717, 1.165) is 5.03 Å². The Morgan fingerprint density at radius 3 is 2.72 bits per heavy atom. The van der Waals surface area contributed by atoms with Crippen molar-refractivity contribution in [2.45, 2.75) is 50.0 Å². The van der Waals surface area contributed by atoms with Gasteiger partial charge in [0.05, 0.1) is 48.1 Å². The highest BCUT2D eigenvalue weighted by Crippen LogP contribution is 2.50. The molecule has 3 aliphatic rings. The van der Waals surface area contributed by atoms with Gasteiger partial charge in [0.2, 0.25) is 17.4 Å². The lowest BCUT2D eigenvalue weighted by Gasteiger charge is -2.55. The summed E-state index contributed by atoms with van der Waals surface area (Å²) in [5.41, 5.74) is -0.229. The number of nitrogens with zero attached hydrogens (tertiary/aromatic N) is 4. The van der Waals surface area contributed by atoms with Crippen molar-refractivity contribution >= 4 is 46.0 Å². The van der Waals surface area contributed by atoms with Gasteiger partial charge in [0.15, 0.2) is 11.6 Å². The number of aromatic nitrogens is 3. The fourth-order valence-electron chi connectivity index (χ4n) is 5.87. The van der Waals surface area contributed by atoms with Crippen molar-refractivity contribution in [1.82, 2.24) is 20.4 Å². The van der Waals surface area contributed by atoms with E-state index >= 15 is 4.39 Å². The molecule has 3 aromatic rings. The SMILES string of the molecule is CSc1cnc(-c2noc3c(F)c4c(cc23)CC2(C(=O)CC(=O)NC2=O)[C@H]2[C@H](C)O[C@H](C)CN42)cn1. The van der Waals surface area contributed by atoms with Crippen LogP contribution in [0.5, 0.6) is 0 Å². The molecule has 10 nitrogen and oxygen atoms in total. The second-order valence-electron chi connectivity index (χ2n) is 9.42. The number of hydrogen-bond donors (Lipinski definition) is 1. The van der Waals surface area contributed by atoms with Gasteiger partial charge in [-0.25, -0.2) is 9.37 Å². The number of ketones is 1. The van der Waals surface area contributed by atoms with Gasteiger partial charge in [0.25, 0.3) is 0 Å². The third-order valence-corrected chi connectivity index (χ3v) is 7.89. The zero-order chi connectivity index (χ0) is 25.4. The van der Waals surface area contributed by atoms with Crippen molar-refractivity contribution in [2.24, 2.45) is 5.41 Å². The lowest BCUT2D eigenvalue weighted by Crippen LogP contribution is -2.72. The summed E-state index contributed by atoms with van der Waals surface area (Å²) in [6.07, 6.45) is 3.64. The average molecular weight is 512 g/mol. The van der Waals surface area contributed by atoms with Crippen molar-refractivity contribution in [3.05, 3.63) is 29.8 Å². The number of anilines is 1. The molecule has 36 heavy (non-hydrogen) atoms. The van der Waals surface area contributed by atoms with E-state index < -0.39 is 47.4 Å². The molecule has 0 bridgehead atoms. The number of thioether (sulfide) groups is 1. The number of hydrogen-bond acceptors (Lipinski definition) is 10. The number of carbonyl (C=O) groups is 3. The van der Waals surface area contributed by atoms with E-state index in [1.807, 2.05) is 13.2 Å². The van der Waals surface area contributed by atoms with Crippen LogP contribution < -0.4 is 10.2 Å². The topological polar surface area (TPSA) is 128 Å². The summed E-state index contributed by atoms with van der Waals surface area (Å²) in [6.45, 7) is 3.86. The summed E-state index contributed by atoms with van der Waals surface area (Å²) >= 11 is 1.44. The number of morpholine rings is 1. The molecule has 6 rings (SSSR count). The molecule has 1 spiro atoms. The van der Waals surface area contributed by atoms with Crippen LogP contribution in [0.2, 0.25) is 0 Å². The molecule has 0 aliphatic carbocycles. The highest BCUT2D eigenvalue weighted by molar-refractivity contribution is 7.98. The Bertz CT molecular complexity index is 1420. The summed E-state index contributed by atoms with van der Waals surface area (Å²) in [6, 6.07) is 0.907. The molecule has 5 heterocycles. The predicted octanol–water partition coefficient (Wildman–Crippen LogP) is 2.29. The van der Waals surface area contributed by atoms with E-state index in [4.69, 9.17) is 9.26 Å². The van der Waals surface area contributed by atoms with Crippen LogP contribution in [0.1, 0.15) is 25.8 Å². The monoisotopic (exact) mass is 511 g/mol. The lowest BCUT2D eigenvalue weighted by atomic mass is 9.63. The van der Waals surface area contributed by atoms with Gasteiger partial charge in [0.1, 0.15) is 21.8 Å². The third-order valence-electron chi connectivity index (χ3n) is 7.26. The van der Waals surface area contributed by atoms with Crippen LogP contribution in [-0.4, -0.2) is 63.8 Å². The summed E-state index contributed by atoms with van der Waals surface area (Å²) in [4.78, 5) is 49.2. The first-order valence-electron chi connectivity index (χ1n) is 11.5. The van der Waals surface area contributed by atoms with E-state index in [1.165, 1.54) is 18.0 Å². The minimum atomic E-state index is -1.60. The van der Waals surface area contributed by atoms with Gasteiger partial charge in [-0.3, -0.25) is 24.7 Å². The fourth-order valence-corrected chi connectivity index (χ4v) is 6.19. The largest absolute Gasteiger partial charge is 0.372 e. The number of carbonyl (C=O) groups excluding carboxylic acids is 3. The van der Waals surface area contributed by atoms with Gasteiger partial charge >= 0.3 is 0 Å². The van der Waals surface area contributed by atoms with E-state index in [-0.39, 0.29) is 30.3 Å². The van der Waals surface area contributed by atoms with Crippen molar-refractivity contribution < 1.29 is 28.0 Å². The Labute approximate surface area is 208 Å². The van der Waals surface area contributed by atoms with Crippen molar-refractivity contribution in [3.63, 3.8) is 0 Å². The number of imide groups is 1. The fraction of sp³-hybridized carbons (Fsp3) is 0.417. The number of nitrogens with one attached hydrogen (secondary N) is 1. The second-order valence-corrected chi connectivity index (χ2v) is 10.3. The Balaban J connectivity index is 1.57. The molecule has 3 aliphatic heterocycles. The second kappa shape index (κ2) is 8.07. The highest BCUT2D eigenvalue weighted by atomic mass is 32.2. The standard InChI is InChI=1S/C24H22FN5O5S/c1-10-9-30-20-12(6-24(22(30)11(2)34-10)15(31)5-16(32)28-23(24)33)4-13-19(29-35-21(13)18(20)25)14-7-27-17(36-3)8-26-14/h4,7-8,10-11,22H,5-6,9H2,1-3H3,(H,28,32,33)/t10-,11+,22-,24?/m1/s1. The number of benzene rings is 1. The van der Waals surface area contributed by atoms with Crippen molar-refractivity contribution in [3.8, 4) is 11.4 Å². The zero-order valence-electron chi connectivity index (χ0n) is 19.7. The zero-order valence-corrected chi connectivity index (χ0v) is 20.5. The number of piperidine rings is 1. The summed E-state index contributed by atoms with van der Waals surface area (Å²) in [5.74, 6) is -2.44. The molecule has 12 heteroatoms. The molecule has 2 amide bonds. The van der Waals surface area contributed by atoms with Gasteiger partial charge in [-0.15, -0.1) is 11.8 Å². The Kier molecular flexibility index (Phi) is 5.16. The van der Waals surface area contributed by atoms with Gasteiger partial charge in [-0.2, -0.15) is 0 Å². The molecule has 0 radical (unpaired) electrons. The first-order valence-corrected chi connectivity index (χ1v) is 12.7. The van der Waals surface area contributed by atoms with Crippen LogP contribution in [0.25, 0.3) is 22.4 Å². The van der Waals surface area contributed by atoms with E-state index in [9.17, 15) is 14.4 Å². The first kappa shape index (κ1) is 23.0. The van der Waals surface area contributed by atoms with Crippen LogP contribution >= 0.6 is 11.8 Å². The van der Waals surface area contributed by atoms with Crippen LogP contribution in [0, 0.1) is 11.2 Å². The number of amides is 2. The molecular formula is C24H22FN5O5S. The summed E-state index contributed by atoms with van der Waals surface area (Å²) < 4.78 is 27.6. The quantitative estimate of drug-likeness (QED) is 0.311. The minimum absolute atomic E-state index is 0.0457. The average Bonchev–Trinajstić information content (AvgIpc) is 3.26. The predicted molar refractivity (Wildman–Crippen MR) is 127 cm³/mol. The van der Waals surface area contributed by atoms with Crippen LogP contribution in [-0.2, 0) is 25.5 Å². The molecule has 2 fully saturated rings. The smallest absolute Gasteiger partial charge is 0.242 e. The van der Waals surface area contributed by atoms with Gasteiger partial charge in [-0.05, 0) is 38.2 Å². The van der Waals surface area contributed by atoms with Crippen molar-refractivity contribution in [1.29, 1.82) is 0 Å². The summed E-state index contributed by atoms with van der Waals surface area (Å²) in [5, 5.41) is 7.49. The molecule has 2 aromatic heterocycles. The molecule has 2 saturated heterocycles. The van der Waals surface area contributed by atoms with E-state index in [0.29, 0.717) is 22.3 Å². The lowest BCUT2D eigenvalue weighted by molar-refractivity contribution is -0.158. The van der Waals surface area contributed by atoms with Crippen LogP contribution in [0.15, 0.2) is 28.0 Å². The van der Waals surface area contributed by atoms with E-state index in [2.05, 4.69) is 20.4 Å². The normalized spacial score (nSPS) is 27.8.